The van der Waals surface area contributed by atoms with E-state index in [9.17, 15) is 23.3 Å². The Morgan fingerprint density at radius 3 is 2.24 bits per heavy atom. The number of nitrogens with zero attached hydrogens (tertiary/aromatic N) is 1. The molecule has 0 bridgehead atoms. The molecule has 0 aromatic heterocycles. The van der Waals surface area contributed by atoms with Crippen LogP contribution in [0.15, 0.2) is 48.5 Å². The van der Waals surface area contributed by atoms with E-state index < -0.39 is 16.7 Å². The largest absolute Gasteiger partial charge is 0.418 e. The first-order chi connectivity index (χ1) is 9.88. The van der Waals surface area contributed by atoms with Crippen molar-refractivity contribution in [2.24, 2.45) is 0 Å². The minimum absolute atomic E-state index is 0.0247. The topological polar surface area (TPSA) is 55.2 Å². The number of para-hydroxylation sites is 1. The highest BCUT2D eigenvalue weighted by atomic mass is 19.4. The van der Waals surface area contributed by atoms with Gasteiger partial charge in [0.1, 0.15) is 0 Å². The molecular weight excluding hydrogens is 285 g/mol. The maximum atomic E-state index is 12.8. The lowest BCUT2D eigenvalue weighted by atomic mass is 10.1. The molecule has 4 nitrogen and oxygen atoms in total. The fourth-order valence-corrected chi connectivity index (χ4v) is 1.82. The Bertz CT molecular complexity index is 639. The number of nitro benzene ring substituents is 1. The van der Waals surface area contributed by atoms with E-state index in [-0.39, 0.29) is 17.9 Å². The second-order valence-electron chi connectivity index (χ2n) is 4.32. The van der Waals surface area contributed by atoms with Gasteiger partial charge in [0.2, 0.25) is 0 Å². The Kier molecular flexibility index (Phi) is 4.11. The zero-order valence-electron chi connectivity index (χ0n) is 10.7. The first-order valence-corrected chi connectivity index (χ1v) is 6.01. The smallest absolute Gasteiger partial charge is 0.380 e. The molecule has 1 N–H and O–H groups in total. The van der Waals surface area contributed by atoms with Crippen LogP contribution in [0, 0.1) is 10.1 Å². The summed E-state index contributed by atoms with van der Waals surface area (Å²) < 4.78 is 38.4. The molecule has 0 unspecified atom stereocenters. The fourth-order valence-electron chi connectivity index (χ4n) is 1.82. The molecule has 0 aliphatic rings. The molecule has 0 atom stereocenters. The van der Waals surface area contributed by atoms with Gasteiger partial charge in [-0.3, -0.25) is 10.1 Å². The van der Waals surface area contributed by atoms with Crippen molar-refractivity contribution in [2.45, 2.75) is 12.7 Å². The lowest BCUT2D eigenvalue weighted by Crippen LogP contribution is -2.10. The van der Waals surface area contributed by atoms with Crippen LogP contribution in [0.25, 0.3) is 0 Å². The molecule has 2 aromatic carbocycles. The zero-order valence-corrected chi connectivity index (χ0v) is 10.7. The molecular formula is C14H11F3N2O2. The van der Waals surface area contributed by atoms with Crippen LogP contribution < -0.4 is 5.32 Å². The second-order valence-corrected chi connectivity index (χ2v) is 4.32. The van der Waals surface area contributed by atoms with Gasteiger partial charge in [0.25, 0.3) is 5.69 Å². The number of non-ortho nitro benzene ring substituents is 1. The van der Waals surface area contributed by atoms with Crippen LogP contribution in [0.3, 0.4) is 0 Å². The average Bonchev–Trinajstić information content (AvgIpc) is 2.45. The second kappa shape index (κ2) is 5.82. The van der Waals surface area contributed by atoms with Crippen molar-refractivity contribution in [3.63, 3.8) is 0 Å². The van der Waals surface area contributed by atoms with Gasteiger partial charge in [-0.2, -0.15) is 13.2 Å². The molecule has 110 valence electrons. The van der Waals surface area contributed by atoms with Crippen LogP contribution >= 0.6 is 0 Å². The lowest BCUT2D eigenvalue weighted by Gasteiger charge is -2.14. The number of benzene rings is 2. The summed E-state index contributed by atoms with van der Waals surface area (Å²) in [5, 5.41) is 13.2. The van der Waals surface area contributed by atoms with Gasteiger partial charge in [-0.15, -0.1) is 0 Å². The van der Waals surface area contributed by atoms with E-state index in [0.717, 1.165) is 6.07 Å². The standard InChI is InChI=1S/C14H11F3N2O2/c15-14(16,17)12-3-1-2-4-13(12)18-9-10-5-7-11(8-6-10)19(20)21/h1-8,18H,9H2. The fraction of sp³-hybridized carbons (Fsp3) is 0.143. The number of halogens is 3. The third-order valence-electron chi connectivity index (χ3n) is 2.86. The van der Waals surface area contributed by atoms with Gasteiger partial charge in [-0.25, -0.2) is 0 Å². The number of nitro groups is 1. The van der Waals surface area contributed by atoms with Crippen LogP contribution in [0.4, 0.5) is 24.5 Å². The van der Waals surface area contributed by atoms with Crippen LogP contribution in [0.1, 0.15) is 11.1 Å². The van der Waals surface area contributed by atoms with Gasteiger partial charge in [0.15, 0.2) is 0 Å². The predicted molar refractivity (Wildman–Crippen MR) is 71.9 cm³/mol. The number of alkyl halides is 3. The first-order valence-electron chi connectivity index (χ1n) is 6.01. The SMILES string of the molecule is O=[N+]([O-])c1ccc(CNc2ccccc2C(F)(F)F)cc1. The van der Waals surface area contributed by atoms with Gasteiger partial charge >= 0.3 is 6.18 Å². The Hall–Kier alpha value is -2.57. The van der Waals surface area contributed by atoms with E-state index in [4.69, 9.17) is 0 Å². The monoisotopic (exact) mass is 296 g/mol. The van der Waals surface area contributed by atoms with E-state index in [1.54, 1.807) is 0 Å². The molecule has 0 saturated heterocycles. The summed E-state index contributed by atoms with van der Waals surface area (Å²) in [6.45, 7) is 0.144. The molecule has 0 aliphatic carbocycles. The molecule has 2 aromatic rings. The summed E-state index contributed by atoms with van der Waals surface area (Å²) in [5.74, 6) is 0. The normalized spacial score (nSPS) is 11.2. The highest BCUT2D eigenvalue weighted by molar-refractivity contribution is 5.53. The van der Waals surface area contributed by atoms with Crippen LogP contribution in [-0.4, -0.2) is 4.92 Å². The Balaban J connectivity index is 2.12. The van der Waals surface area contributed by atoms with Gasteiger partial charge in [0, 0.05) is 24.4 Å². The summed E-state index contributed by atoms with van der Waals surface area (Å²) in [6.07, 6.45) is -4.43. The highest BCUT2D eigenvalue weighted by Gasteiger charge is 2.32. The van der Waals surface area contributed by atoms with E-state index in [1.807, 2.05) is 0 Å². The zero-order chi connectivity index (χ0) is 15.5. The first kappa shape index (κ1) is 14.8. The highest BCUT2D eigenvalue weighted by Crippen LogP contribution is 2.34. The van der Waals surface area contributed by atoms with Crippen LogP contribution in [0.5, 0.6) is 0 Å². The van der Waals surface area contributed by atoms with E-state index in [1.165, 1.54) is 42.5 Å². The van der Waals surface area contributed by atoms with E-state index >= 15 is 0 Å². The maximum absolute atomic E-state index is 12.8. The Morgan fingerprint density at radius 1 is 1.05 bits per heavy atom. The van der Waals surface area contributed by atoms with E-state index in [2.05, 4.69) is 5.32 Å². The van der Waals surface area contributed by atoms with Crippen molar-refractivity contribution >= 4 is 11.4 Å². The molecule has 0 spiro atoms. The molecule has 0 amide bonds. The average molecular weight is 296 g/mol. The van der Waals surface area contributed by atoms with Crippen molar-refractivity contribution in [1.82, 2.24) is 0 Å². The number of hydrogen-bond acceptors (Lipinski definition) is 3. The third kappa shape index (κ3) is 3.71. The molecule has 7 heteroatoms. The van der Waals surface area contributed by atoms with Crippen molar-refractivity contribution < 1.29 is 18.1 Å². The van der Waals surface area contributed by atoms with Gasteiger partial charge < -0.3 is 5.32 Å². The number of nitrogens with one attached hydrogen (secondary N) is 1. The molecule has 2 rings (SSSR count). The number of rotatable bonds is 4. The van der Waals surface area contributed by atoms with Crippen LogP contribution in [0.2, 0.25) is 0 Å². The van der Waals surface area contributed by atoms with Crippen molar-refractivity contribution in [3.8, 4) is 0 Å². The van der Waals surface area contributed by atoms with Crippen molar-refractivity contribution in [1.29, 1.82) is 0 Å². The summed E-state index contributed by atoms with van der Waals surface area (Å²) in [5.41, 5.74) is -0.178. The molecule has 0 heterocycles. The molecule has 0 radical (unpaired) electrons. The maximum Gasteiger partial charge on any atom is 0.418 e. The van der Waals surface area contributed by atoms with E-state index in [0.29, 0.717) is 5.56 Å². The summed E-state index contributed by atoms with van der Waals surface area (Å²) >= 11 is 0. The lowest BCUT2D eigenvalue weighted by molar-refractivity contribution is -0.384. The Morgan fingerprint density at radius 2 is 1.67 bits per heavy atom. The molecule has 0 saturated carbocycles. The van der Waals surface area contributed by atoms with Gasteiger partial charge in [0.05, 0.1) is 10.5 Å². The third-order valence-corrected chi connectivity index (χ3v) is 2.86. The minimum Gasteiger partial charge on any atom is -0.380 e. The molecule has 21 heavy (non-hydrogen) atoms. The van der Waals surface area contributed by atoms with Gasteiger partial charge in [-0.05, 0) is 17.7 Å². The quantitative estimate of drug-likeness (QED) is 0.678. The number of anilines is 1. The number of hydrogen-bond donors (Lipinski definition) is 1. The van der Waals surface area contributed by atoms with Crippen LogP contribution in [-0.2, 0) is 12.7 Å². The van der Waals surface area contributed by atoms with Gasteiger partial charge in [-0.1, -0.05) is 24.3 Å². The molecule has 0 aliphatic heterocycles. The van der Waals surface area contributed by atoms with Crippen molar-refractivity contribution in [3.05, 3.63) is 69.8 Å². The predicted octanol–water partition coefficient (Wildman–Crippen LogP) is 4.23. The molecule has 0 fully saturated rings. The van der Waals surface area contributed by atoms with Crippen molar-refractivity contribution in [2.75, 3.05) is 5.32 Å². The summed E-state index contributed by atoms with van der Waals surface area (Å²) in [4.78, 5) is 9.98. The summed E-state index contributed by atoms with van der Waals surface area (Å²) in [6, 6.07) is 10.8. The minimum atomic E-state index is -4.43. The summed E-state index contributed by atoms with van der Waals surface area (Å²) in [7, 11) is 0. The Labute approximate surface area is 118 Å².